The molecule has 5 nitrogen and oxygen atoms in total. The molecule has 25 heavy (non-hydrogen) atoms. The zero-order valence-electron chi connectivity index (χ0n) is 15.0. The molecule has 5 heteroatoms. The van der Waals surface area contributed by atoms with Crippen molar-refractivity contribution in [3.05, 3.63) is 48.3 Å². The van der Waals surface area contributed by atoms with Gasteiger partial charge < -0.3 is 9.80 Å². The van der Waals surface area contributed by atoms with E-state index in [0.29, 0.717) is 6.04 Å². The fraction of sp³-hybridized carbons (Fsp3) is 0.500. The summed E-state index contributed by atoms with van der Waals surface area (Å²) in [5.74, 6) is 2.16. The van der Waals surface area contributed by atoms with E-state index in [2.05, 4.69) is 68.0 Å². The van der Waals surface area contributed by atoms with Gasteiger partial charge >= 0.3 is 0 Å². The quantitative estimate of drug-likeness (QED) is 0.857. The van der Waals surface area contributed by atoms with Crippen molar-refractivity contribution in [1.29, 1.82) is 0 Å². The molecule has 2 aliphatic heterocycles. The molecule has 1 unspecified atom stereocenters. The van der Waals surface area contributed by atoms with Gasteiger partial charge in [0.05, 0.1) is 0 Å². The SMILES string of the molecule is CC(c1ccccc1)N1CCN(c2cc(N3CCCC3)ncn2)CC1. The highest BCUT2D eigenvalue weighted by Gasteiger charge is 2.23. The van der Waals surface area contributed by atoms with E-state index in [0.717, 1.165) is 50.9 Å². The molecule has 132 valence electrons. The smallest absolute Gasteiger partial charge is 0.134 e. The monoisotopic (exact) mass is 337 g/mol. The standard InChI is InChI=1S/C20H27N5/c1-17(18-7-3-2-4-8-18)23-11-13-25(14-12-23)20-15-19(21-16-22-20)24-9-5-6-10-24/h2-4,7-8,15-17H,5-6,9-14H2,1H3. The van der Waals surface area contributed by atoms with Gasteiger partial charge in [-0.1, -0.05) is 30.3 Å². The Morgan fingerprint density at radius 1 is 0.800 bits per heavy atom. The van der Waals surface area contributed by atoms with Gasteiger partial charge in [0.15, 0.2) is 0 Å². The first-order chi connectivity index (χ1) is 12.3. The van der Waals surface area contributed by atoms with E-state index in [4.69, 9.17) is 0 Å². The summed E-state index contributed by atoms with van der Waals surface area (Å²) in [5, 5.41) is 0. The van der Waals surface area contributed by atoms with Crippen LogP contribution in [-0.4, -0.2) is 54.1 Å². The molecule has 2 aliphatic rings. The largest absolute Gasteiger partial charge is 0.356 e. The summed E-state index contributed by atoms with van der Waals surface area (Å²) in [6.07, 6.45) is 4.27. The Labute approximate surface area is 150 Å². The van der Waals surface area contributed by atoms with Crippen molar-refractivity contribution in [2.24, 2.45) is 0 Å². The number of nitrogens with zero attached hydrogens (tertiary/aromatic N) is 5. The van der Waals surface area contributed by atoms with E-state index in [-0.39, 0.29) is 0 Å². The van der Waals surface area contributed by atoms with E-state index < -0.39 is 0 Å². The van der Waals surface area contributed by atoms with Crippen molar-refractivity contribution in [3.63, 3.8) is 0 Å². The molecule has 0 N–H and O–H groups in total. The maximum Gasteiger partial charge on any atom is 0.134 e. The second-order valence-electron chi connectivity index (χ2n) is 7.04. The van der Waals surface area contributed by atoms with E-state index >= 15 is 0 Å². The molecule has 0 bridgehead atoms. The molecule has 0 saturated carbocycles. The Kier molecular flexibility index (Phi) is 4.83. The third-order valence-corrected chi connectivity index (χ3v) is 5.54. The fourth-order valence-corrected chi connectivity index (χ4v) is 3.91. The number of aromatic nitrogens is 2. The van der Waals surface area contributed by atoms with Gasteiger partial charge in [-0.3, -0.25) is 4.90 Å². The van der Waals surface area contributed by atoms with Crippen LogP contribution in [0.4, 0.5) is 11.6 Å². The molecule has 0 radical (unpaired) electrons. The van der Waals surface area contributed by atoms with Gasteiger partial charge in [-0.25, -0.2) is 9.97 Å². The first-order valence-electron chi connectivity index (χ1n) is 9.42. The minimum Gasteiger partial charge on any atom is -0.356 e. The van der Waals surface area contributed by atoms with Gasteiger partial charge in [0, 0.05) is 51.4 Å². The molecule has 2 aromatic rings. The molecule has 1 aromatic carbocycles. The van der Waals surface area contributed by atoms with Crippen LogP contribution in [-0.2, 0) is 0 Å². The fourth-order valence-electron chi connectivity index (χ4n) is 3.91. The van der Waals surface area contributed by atoms with E-state index in [1.807, 2.05) is 0 Å². The Hall–Kier alpha value is -2.14. The predicted octanol–water partition coefficient (Wildman–Crippen LogP) is 2.96. The van der Waals surface area contributed by atoms with Crippen LogP contribution in [0.3, 0.4) is 0 Å². The zero-order chi connectivity index (χ0) is 17.1. The van der Waals surface area contributed by atoms with Gasteiger partial charge in [-0.05, 0) is 25.3 Å². The lowest BCUT2D eigenvalue weighted by Crippen LogP contribution is -2.47. The van der Waals surface area contributed by atoms with Gasteiger partial charge in [0.2, 0.25) is 0 Å². The van der Waals surface area contributed by atoms with Crippen LogP contribution in [0.1, 0.15) is 31.4 Å². The number of hydrogen-bond acceptors (Lipinski definition) is 5. The zero-order valence-corrected chi connectivity index (χ0v) is 15.0. The summed E-state index contributed by atoms with van der Waals surface area (Å²) in [4.78, 5) is 16.3. The molecule has 2 saturated heterocycles. The number of hydrogen-bond donors (Lipinski definition) is 0. The second kappa shape index (κ2) is 7.40. The molecule has 1 atom stereocenters. The van der Waals surface area contributed by atoms with Crippen molar-refractivity contribution < 1.29 is 0 Å². The summed E-state index contributed by atoms with van der Waals surface area (Å²) in [7, 11) is 0. The Balaban J connectivity index is 1.39. The molecule has 4 rings (SSSR count). The molecule has 2 fully saturated rings. The predicted molar refractivity (Wildman–Crippen MR) is 102 cm³/mol. The molecular formula is C20H27N5. The highest BCUT2D eigenvalue weighted by Crippen LogP contribution is 2.25. The highest BCUT2D eigenvalue weighted by atomic mass is 15.3. The van der Waals surface area contributed by atoms with Gasteiger partial charge in [0.25, 0.3) is 0 Å². The van der Waals surface area contributed by atoms with Crippen LogP contribution in [0, 0.1) is 0 Å². The lowest BCUT2D eigenvalue weighted by Gasteiger charge is -2.38. The summed E-state index contributed by atoms with van der Waals surface area (Å²) in [5.41, 5.74) is 1.40. The number of anilines is 2. The van der Waals surface area contributed by atoms with Crippen LogP contribution < -0.4 is 9.80 Å². The highest BCUT2D eigenvalue weighted by molar-refractivity contribution is 5.50. The average molecular weight is 337 g/mol. The molecule has 3 heterocycles. The third kappa shape index (κ3) is 3.61. The van der Waals surface area contributed by atoms with Crippen molar-refractivity contribution >= 4 is 11.6 Å². The molecule has 1 aromatic heterocycles. The van der Waals surface area contributed by atoms with Crippen LogP contribution in [0.25, 0.3) is 0 Å². The maximum absolute atomic E-state index is 4.53. The lowest BCUT2D eigenvalue weighted by atomic mass is 10.1. The van der Waals surface area contributed by atoms with E-state index in [9.17, 15) is 0 Å². The Morgan fingerprint density at radius 3 is 2.04 bits per heavy atom. The van der Waals surface area contributed by atoms with Crippen molar-refractivity contribution in [2.45, 2.75) is 25.8 Å². The minimum atomic E-state index is 0.467. The molecule has 0 aliphatic carbocycles. The van der Waals surface area contributed by atoms with Crippen molar-refractivity contribution in [2.75, 3.05) is 49.1 Å². The topological polar surface area (TPSA) is 35.5 Å². The average Bonchev–Trinajstić information content (AvgIpc) is 3.23. The lowest BCUT2D eigenvalue weighted by molar-refractivity contribution is 0.198. The van der Waals surface area contributed by atoms with Crippen LogP contribution >= 0.6 is 0 Å². The number of piperazine rings is 1. The summed E-state index contributed by atoms with van der Waals surface area (Å²) < 4.78 is 0. The van der Waals surface area contributed by atoms with Gasteiger partial charge in [0.1, 0.15) is 18.0 Å². The molecular weight excluding hydrogens is 310 g/mol. The van der Waals surface area contributed by atoms with Gasteiger partial charge in [-0.2, -0.15) is 0 Å². The van der Waals surface area contributed by atoms with Crippen LogP contribution in [0.15, 0.2) is 42.7 Å². The first-order valence-corrected chi connectivity index (χ1v) is 9.42. The summed E-state index contributed by atoms with van der Waals surface area (Å²) in [6.45, 7) is 8.73. The summed E-state index contributed by atoms with van der Waals surface area (Å²) >= 11 is 0. The van der Waals surface area contributed by atoms with Crippen molar-refractivity contribution in [3.8, 4) is 0 Å². The number of rotatable bonds is 4. The maximum atomic E-state index is 4.53. The van der Waals surface area contributed by atoms with E-state index in [1.54, 1.807) is 6.33 Å². The van der Waals surface area contributed by atoms with E-state index in [1.165, 1.54) is 18.4 Å². The first kappa shape index (κ1) is 16.3. The van der Waals surface area contributed by atoms with Crippen molar-refractivity contribution in [1.82, 2.24) is 14.9 Å². The Bertz CT molecular complexity index is 675. The summed E-state index contributed by atoms with van der Waals surface area (Å²) in [6, 6.07) is 13.4. The van der Waals surface area contributed by atoms with Crippen LogP contribution in [0.5, 0.6) is 0 Å². The minimum absolute atomic E-state index is 0.467. The normalized spacial score (nSPS) is 20.0. The molecule has 0 amide bonds. The van der Waals surface area contributed by atoms with Gasteiger partial charge in [-0.15, -0.1) is 0 Å². The third-order valence-electron chi connectivity index (χ3n) is 5.54. The van der Waals surface area contributed by atoms with Crippen LogP contribution in [0.2, 0.25) is 0 Å². The number of benzene rings is 1. The second-order valence-corrected chi connectivity index (χ2v) is 7.04. The molecule has 0 spiro atoms. The Morgan fingerprint density at radius 2 is 1.40 bits per heavy atom.